The van der Waals surface area contributed by atoms with Crippen LogP contribution in [0.2, 0.25) is 0 Å². The van der Waals surface area contributed by atoms with Crippen molar-refractivity contribution in [3.63, 3.8) is 0 Å². The lowest BCUT2D eigenvalue weighted by molar-refractivity contribution is 0.582. The Morgan fingerprint density at radius 2 is 2.29 bits per heavy atom. The van der Waals surface area contributed by atoms with Crippen molar-refractivity contribution >= 4 is 27.7 Å². The van der Waals surface area contributed by atoms with E-state index in [0.29, 0.717) is 6.04 Å². The van der Waals surface area contributed by atoms with Gasteiger partial charge in [0.2, 0.25) is 0 Å². The molecule has 1 aromatic rings. The molecule has 0 spiro atoms. The summed E-state index contributed by atoms with van der Waals surface area (Å²) in [6.07, 6.45) is 2.08. The lowest BCUT2D eigenvalue weighted by Gasteiger charge is -2.14. The number of hydrogen-bond acceptors (Lipinski definition) is 2. The summed E-state index contributed by atoms with van der Waals surface area (Å²) in [4.78, 5) is 1.31. The van der Waals surface area contributed by atoms with E-state index in [2.05, 4.69) is 57.4 Å². The highest BCUT2D eigenvalue weighted by atomic mass is 79.9. The van der Waals surface area contributed by atoms with E-state index in [9.17, 15) is 0 Å². The molecule has 1 N–H and O–H groups in total. The normalized spacial score (nSPS) is 11.7. The number of halogens is 1. The molecule has 1 aromatic carbocycles. The van der Waals surface area contributed by atoms with E-state index >= 15 is 0 Å². The van der Waals surface area contributed by atoms with Crippen LogP contribution in [0.15, 0.2) is 33.6 Å². The van der Waals surface area contributed by atoms with Crippen LogP contribution in [0.4, 0.5) is 0 Å². The van der Waals surface area contributed by atoms with Crippen LogP contribution in [0.3, 0.4) is 0 Å². The van der Waals surface area contributed by atoms with Gasteiger partial charge in [0.15, 0.2) is 0 Å². The second kappa shape index (κ2) is 8.63. The average Bonchev–Trinajstić information content (AvgIpc) is 2.34. The first-order valence-corrected chi connectivity index (χ1v) is 7.49. The van der Waals surface area contributed by atoms with Crippen molar-refractivity contribution in [2.75, 3.05) is 12.8 Å². The molecule has 0 aliphatic carbocycles. The number of benzene rings is 1. The average molecular weight is 312 g/mol. The summed E-state index contributed by atoms with van der Waals surface area (Å²) in [6, 6.07) is 8.96. The van der Waals surface area contributed by atoms with Gasteiger partial charge >= 0.3 is 0 Å². The van der Waals surface area contributed by atoms with Crippen molar-refractivity contribution in [2.24, 2.45) is 0 Å². The molecule has 17 heavy (non-hydrogen) atoms. The van der Waals surface area contributed by atoms with Gasteiger partial charge in [-0.15, -0.1) is 23.6 Å². The van der Waals surface area contributed by atoms with Crippen molar-refractivity contribution in [1.29, 1.82) is 0 Å². The largest absolute Gasteiger partial charge is 0.316 e. The van der Waals surface area contributed by atoms with Crippen molar-refractivity contribution in [1.82, 2.24) is 5.32 Å². The summed E-state index contributed by atoms with van der Waals surface area (Å²) in [5.74, 6) is 7.13. The zero-order valence-corrected chi connectivity index (χ0v) is 12.7. The first-order chi connectivity index (χ1) is 8.26. The quantitative estimate of drug-likeness (QED) is 0.631. The Kier molecular flexibility index (Phi) is 7.43. The molecule has 1 atom stereocenters. The minimum atomic E-state index is 0.528. The summed E-state index contributed by atoms with van der Waals surface area (Å²) >= 11 is 5.37. The standard InChI is InChI=1S/C14H18BrNS/c1-3-4-5-8-13(16-2)11-17-14-9-6-7-12(15)10-14/h6-7,9-10,13,16H,5,8,11H2,1-2H3. The molecule has 92 valence electrons. The van der Waals surface area contributed by atoms with Crippen LogP contribution < -0.4 is 5.32 Å². The van der Waals surface area contributed by atoms with Crippen molar-refractivity contribution in [2.45, 2.75) is 30.7 Å². The van der Waals surface area contributed by atoms with Crippen molar-refractivity contribution < 1.29 is 0 Å². The molecular formula is C14H18BrNS. The molecule has 1 rings (SSSR count). The Morgan fingerprint density at radius 3 is 2.94 bits per heavy atom. The fraction of sp³-hybridized carbons (Fsp3) is 0.429. The first-order valence-electron chi connectivity index (χ1n) is 5.71. The molecule has 0 aromatic heterocycles. The molecule has 0 saturated heterocycles. The third-order valence-electron chi connectivity index (χ3n) is 2.45. The molecular weight excluding hydrogens is 294 g/mol. The van der Waals surface area contributed by atoms with Crippen molar-refractivity contribution in [3.05, 3.63) is 28.7 Å². The fourth-order valence-corrected chi connectivity index (χ4v) is 3.10. The summed E-state index contributed by atoms with van der Waals surface area (Å²) < 4.78 is 1.14. The summed E-state index contributed by atoms with van der Waals surface area (Å²) in [5, 5.41) is 3.35. The maximum Gasteiger partial charge on any atom is 0.0186 e. The summed E-state index contributed by atoms with van der Waals surface area (Å²) in [7, 11) is 2.02. The topological polar surface area (TPSA) is 12.0 Å². The fourth-order valence-electron chi connectivity index (χ4n) is 1.44. The van der Waals surface area contributed by atoms with E-state index in [0.717, 1.165) is 23.1 Å². The van der Waals surface area contributed by atoms with Crippen LogP contribution >= 0.6 is 27.7 Å². The van der Waals surface area contributed by atoms with Gasteiger partial charge < -0.3 is 5.32 Å². The van der Waals surface area contributed by atoms with Gasteiger partial charge in [-0.1, -0.05) is 22.0 Å². The van der Waals surface area contributed by atoms with Crippen LogP contribution in [0.25, 0.3) is 0 Å². The highest BCUT2D eigenvalue weighted by Crippen LogP contribution is 2.23. The molecule has 0 aliphatic heterocycles. The second-order valence-corrected chi connectivity index (χ2v) is 5.73. The van der Waals surface area contributed by atoms with Gasteiger partial charge in [-0.25, -0.2) is 0 Å². The molecule has 0 amide bonds. The Hall–Kier alpha value is -0.430. The van der Waals surface area contributed by atoms with Crippen molar-refractivity contribution in [3.8, 4) is 11.8 Å². The minimum Gasteiger partial charge on any atom is -0.316 e. The SMILES string of the molecule is CC#CCCC(CSc1cccc(Br)c1)NC. The molecule has 0 fully saturated rings. The van der Waals surface area contributed by atoms with E-state index in [1.165, 1.54) is 4.90 Å². The smallest absolute Gasteiger partial charge is 0.0186 e. The highest BCUT2D eigenvalue weighted by molar-refractivity contribution is 9.10. The maximum absolute atomic E-state index is 3.49. The first kappa shape index (κ1) is 14.6. The lowest BCUT2D eigenvalue weighted by Crippen LogP contribution is -2.27. The van der Waals surface area contributed by atoms with Crippen LogP contribution in [-0.2, 0) is 0 Å². The highest BCUT2D eigenvalue weighted by Gasteiger charge is 2.05. The van der Waals surface area contributed by atoms with Gasteiger partial charge in [0.05, 0.1) is 0 Å². The van der Waals surface area contributed by atoms with Crippen LogP contribution in [0.5, 0.6) is 0 Å². The summed E-state index contributed by atoms with van der Waals surface area (Å²) in [5.41, 5.74) is 0. The Labute approximate surface area is 117 Å². The van der Waals surface area contributed by atoms with Gasteiger partial charge in [-0.05, 0) is 38.6 Å². The zero-order valence-electron chi connectivity index (χ0n) is 10.3. The van der Waals surface area contributed by atoms with E-state index in [-0.39, 0.29) is 0 Å². The van der Waals surface area contributed by atoms with Crippen LogP contribution in [0.1, 0.15) is 19.8 Å². The molecule has 0 heterocycles. The molecule has 1 nitrogen and oxygen atoms in total. The van der Waals surface area contributed by atoms with E-state index in [1.54, 1.807) is 0 Å². The maximum atomic E-state index is 3.49. The Bertz CT molecular complexity index is 395. The third-order valence-corrected chi connectivity index (χ3v) is 4.10. The van der Waals surface area contributed by atoms with E-state index < -0.39 is 0 Å². The predicted octanol–water partition coefficient (Wildman–Crippen LogP) is 3.93. The molecule has 3 heteroatoms. The Morgan fingerprint density at radius 1 is 1.47 bits per heavy atom. The van der Waals surface area contributed by atoms with Crippen LogP contribution in [-0.4, -0.2) is 18.8 Å². The predicted molar refractivity (Wildman–Crippen MR) is 80.4 cm³/mol. The lowest BCUT2D eigenvalue weighted by atomic mass is 10.2. The number of nitrogens with one attached hydrogen (secondary N) is 1. The molecule has 0 saturated carbocycles. The van der Waals surface area contributed by atoms with E-state index in [1.807, 2.05) is 25.7 Å². The van der Waals surface area contributed by atoms with E-state index in [4.69, 9.17) is 0 Å². The third kappa shape index (κ3) is 6.16. The minimum absolute atomic E-state index is 0.528. The van der Waals surface area contributed by atoms with Gasteiger partial charge in [0.25, 0.3) is 0 Å². The van der Waals surface area contributed by atoms with Gasteiger partial charge in [-0.2, -0.15) is 0 Å². The monoisotopic (exact) mass is 311 g/mol. The second-order valence-electron chi connectivity index (χ2n) is 3.72. The van der Waals surface area contributed by atoms with Gasteiger partial charge in [0, 0.05) is 27.6 Å². The molecule has 1 unspecified atom stereocenters. The van der Waals surface area contributed by atoms with Crippen LogP contribution in [0, 0.1) is 11.8 Å². The molecule has 0 aliphatic rings. The number of hydrogen-bond donors (Lipinski definition) is 1. The number of thioether (sulfide) groups is 1. The zero-order chi connectivity index (χ0) is 12.5. The molecule has 0 bridgehead atoms. The summed E-state index contributed by atoms with van der Waals surface area (Å²) in [6.45, 7) is 1.89. The van der Waals surface area contributed by atoms with Gasteiger partial charge in [-0.3, -0.25) is 0 Å². The number of rotatable bonds is 6. The Balaban J connectivity index is 2.38. The molecule has 0 radical (unpaired) electrons. The van der Waals surface area contributed by atoms with Gasteiger partial charge in [0.1, 0.15) is 0 Å².